The van der Waals surface area contributed by atoms with Crippen molar-refractivity contribution in [3.05, 3.63) is 206 Å². The van der Waals surface area contributed by atoms with Crippen LogP contribution in [0.5, 0.6) is 0 Å². The Kier molecular flexibility index (Phi) is 26.4. The second kappa shape index (κ2) is 38.6. The lowest BCUT2D eigenvalue weighted by molar-refractivity contribution is -0.131. The van der Waals surface area contributed by atoms with Crippen molar-refractivity contribution in [2.75, 3.05) is 126 Å². The molecule has 0 unspecified atom stereocenters. The number of rotatable bonds is 19. The predicted octanol–water partition coefficient (Wildman–Crippen LogP) is 14.9. The Balaban J connectivity index is 0.000000119. The smallest absolute Gasteiger partial charge is 0.238 e. The first-order chi connectivity index (χ1) is 61.0. The number of anilines is 8. The topological polar surface area (TPSA) is 352 Å². The van der Waals surface area contributed by atoms with E-state index in [1.165, 1.54) is 34.4 Å². The van der Waals surface area contributed by atoms with Crippen LogP contribution >= 0.6 is 45.3 Å². The Bertz CT molecular complexity index is 6820. The fraction of sp³-hybridized carbons (Fsp3) is 0.308. The Hall–Kier alpha value is -11.8. The number of benzene rings is 8. The minimum Gasteiger partial charge on any atom is -0.379 e. The van der Waals surface area contributed by atoms with Crippen LogP contribution in [0.1, 0.15) is 68.6 Å². The van der Waals surface area contributed by atoms with Gasteiger partial charge in [-0.15, -0.1) is 45.3 Å². The zero-order chi connectivity index (χ0) is 87.1. The van der Waals surface area contributed by atoms with Crippen molar-refractivity contribution in [3.8, 4) is 0 Å². The van der Waals surface area contributed by atoms with E-state index in [4.69, 9.17) is 49.5 Å². The van der Waals surface area contributed by atoms with Gasteiger partial charge in [-0.05, 0) is 166 Å². The molecular weight excluding hydrogens is 1690 g/mol. The monoisotopic (exact) mass is 1780 g/mol. The summed E-state index contributed by atoms with van der Waals surface area (Å²) >= 11 is 6.77. The first kappa shape index (κ1) is 86.3. The van der Waals surface area contributed by atoms with Gasteiger partial charge in [0.25, 0.3) is 0 Å². The highest BCUT2D eigenvalue weighted by Crippen LogP contribution is 2.37. The number of sulfonamides is 1. The van der Waals surface area contributed by atoms with Crippen molar-refractivity contribution in [1.82, 2.24) is 89.2 Å². The third-order valence-corrected chi connectivity index (χ3v) is 26.9. The summed E-state index contributed by atoms with van der Waals surface area (Å²) in [6.07, 6.45) is 7.71. The molecule has 12 heterocycles. The Morgan fingerprint density at radius 1 is 0.381 bits per heavy atom. The van der Waals surface area contributed by atoms with E-state index in [0.29, 0.717) is 35.9 Å². The maximum atomic E-state index is 11.6. The Morgan fingerprint density at radius 3 is 1.13 bits per heavy atom. The molecule has 646 valence electrons. The molecule has 4 saturated heterocycles. The van der Waals surface area contributed by atoms with E-state index in [1.807, 2.05) is 89.1 Å². The van der Waals surface area contributed by atoms with Gasteiger partial charge in [-0.25, -0.2) is 73.4 Å². The molecule has 0 aliphatic carbocycles. The quantitative estimate of drug-likeness (QED) is 0.0502. The van der Waals surface area contributed by atoms with Crippen LogP contribution in [0.25, 0.3) is 84.5 Å². The van der Waals surface area contributed by atoms with Gasteiger partial charge in [0.1, 0.15) is 47.9 Å². The summed E-state index contributed by atoms with van der Waals surface area (Å²) in [5.74, 6) is 2.46. The average molecular weight is 1780 g/mol. The number of hydrogen-bond acceptors (Lipinski definition) is 31. The lowest BCUT2D eigenvalue weighted by Crippen LogP contribution is -2.47. The number of primary sulfonamides is 1. The average Bonchev–Trinajstić information content (AvgIpc) is 1.62. The van der Waals surface area contributed by atoms with Gasteiger partial charge in [0.05, 0.1) is 98.4 Å². The SMILES string of the molecule is CC(=O)Cc1cccc(Nc2ncc3ccc4nc(CN5CCOCC5)sc4c3n2)c1.CC(=O)N1CCN(Cc2nc3c(ccc4cnc(Nc5cccc(S(N)(=O)=O)c5)nc43)s2)CC1.CC(=O)N1CCN(Cc2nc3ccc4cnc(Nc5cc(C)cc(C)c5)nc4c3s2)CC1.Cc1cc(C)cc(Nc2ncc3ccc4sc(CN5CCOCC5)nc4c3n2)c1. The van der Waals surface area contributed by atoms with E-state index in [0.717, 1.165) is 258 Å². The molecule has 4 aliphatic rings. The van der Waals surface area contributed by atoms with Crippen LogP contribution in [0.2, 0.25) is 0 Å². The van der Waals surface area contributed by atoms with Crippen molar-refractivity contribution >= 4 is 204 Å². The number of aryl methyl sites for hydroxylation is 4. The number of morpholine rings is 2. The molecule has 30 nitrogen and oxygen atoms in total. The summed E-state index contributed by atoms with van der Waals surface area (Å²) in [6.45, 7) is 29.8. The van der Waals surface area contributed by atoms with Gasteiger partial charge in [0, 0.05) is 168 Å². The van der Waals surface area contributed by atoms with E-state index in [2.05, 4.69) is 142 Å². The molecule has 0 atom stereocenters. The Labute approximate surface area is 743 Å². The second-order valence-electron chi connectivity index (χ2n) is 31.9. The van der Waals surface area contributed by atoms with Gasteiger partial charge in [-0.3, -0.25) is 34.0 Å². The molecule has 0 bridgehead atoms. The number of piperazine rings is 2. The number of thiazole rings is 4. The molecule has 6 N–H and O–H groups in total. The fourth-order valence-corrected chi connectivity index (χ4v) is 20.5. The summed E-state index contributed by atoms with van der Waals surface area (Å²) < 4.78 is 38.5. The van der Waals surface area contributed by atoms with Gasteiger partial charge in [0.15, 0.2) is 0 Å². The normalized spacial score (nSPS) is 15.0. The van der Waals surface area contributed by atoms with E-state index in [-0.39, 0.29) is 22.5 Å². The highest BCUT2D eigenvalue weighted by atomic mass is 32.2. The van der Waals surface area contributed by atoms with Gasteiger partial charge in [0.2, 0.25) is 45.6 Å². The summed E-state index contributed by atoms with van der Waals surface area (Å²) in [5, 5.41) is 26.4. The number of ketones is 1. The number of nitrogens with one attached hydrogen (secondary N) is 4. The summed E-state index contributed by atoms with van der Waals surface area (Å²) in [6, 6.07) is 43.0. The van der Waals surface area contributed by atoms with Crippen LogP contribution in [-0.2, 0) is 66.5 Å². The van der Waals surface area contributed by atoms with E-state index < -0.39 is 10.0 Å². The molecule has 0 radical (unpaired) electrons. The zero-order valence-electron chi connectivity index (χ0n) is 70.9. The molecule has 20 rings (SSSR count). The first-order valence-electron chi connectivity index (χ1n) is 41.7. The number of carbonyl (C=O) groups is 3. The van der Waals surface area contributed by atoms with Gasteiger partial charge >= 0.3 is 0 Å². The number of nitrogens with zero attached hydrogens (tertiary/aromatic N) is 18. The molecule has 2 amide bonds. The molecule has 0 spiro atoms. The molecule has 8 aromatic heterocycles. The largest absolute Gasteiger partial charge is 0.379 e. The lowest BCUT2D eigenvalue weighted by atomic mass is 10.1. The number of ether oxygens (including phenoxy) is 2. The van der Waals surface area contributed by atoms with Gasteiger partial charge in [-0.1, -0.05) is 30.3 Å². The van der Waals surface area contributed by atoms with Crippen LogP contribution in [0.3, 0.4) is 0 Å². The molecule has 4 aliphatic heterocycles. The number of carbonyl (C=O) groups excluding carboxylic acids is 3. The molecule has 35 heteroatoms. The molecule has 8 aromatic carbocycles. The van der Waals surface area contributed by atoms with Gasteiger partial charge < -0.3 is 40.5 Å². The lowest BCUT2D eigenvalue weighted by Gasteiger charge is -2.33. The molecule has 0 saturated carbocycles. The van der Waals surface area contributed by atoms with Crippen LogP contribution < -0.4 is 26.4 Å². The molecular formula is C91H95N23O7S5. The van der Waals surface area contributed by atoms with Crippen molar-refractivity contribution in [2.45, 2.75) is 86.0 Å². The molecule has 126 heavy (non-hydrogen) atoms. The van der Waals surface area contributed by atoms with E-state index in [1.54, 1.807) is 84.4 Å². The number of fused-ring (bicyclic) bond motifs is 12. The number of hydrogen-bond donors (Lipinski definition) is 5. The van der Waals surface area contributed by atoms with Crippen molar-refractivity contribution in [1.29, 1.82) is 0 Å². The minimum absolute atomic E-state index is 0.00830. The van der Waals surface area contributed by atoms with Crippen molar-refractivity contribution < 1.29 is 32.3 Å². The summed E-state index contributed by atoms with van der Waals surface area (Å²) in [5.41, 5.74) is 16.3. The van der Waals surface area contributed by atoms with Crippen molar-refractivity contribution in [3.63, 3.8) is 0 Å². The zero-order valence-corrected chi connectivity index (χ0v) is 75.0. The standard InChI is InChI=1S/C24H26N6OS.C23H23N5O2S.C22H23N7O3S2.C22H23N5OS/c1-15-10-16(2)12-19(11-15)26-24-25-13-18-4-5-20-23(22(18)28-24)32-21(27-20)14-29-6-8-30(9-7-29)17(3)31;1-15(29)11-16-3-2-4-18(12-16)25-23-24-13-17-5-6-19-22(21(17)27-23)31-20(26-19)14-28-7-9-30-10-8-28;1-14(30)29-9-7-28(8-10-29)13-19-26-21-18(33-19)6-5-15-12-24-22(27-20(15)21)25-16-3-2-4-17(11-16)34(23,31)32;1-14-9-15(2)11-17(10-14)24-22-23-12-16-3-4-18-21(20(16)26-22)25-19(29-18)13-27-5-7-28-8-6-27/h4-5,10-13H,6-9,14H2,1-3H3,(H,25,26,28);2-6,12-13H,7-11,14H2,1H3,(H,24,25,27);2-6,11-12H,7-10,13H2,1H3,(H2,23,31,32)(H,24,25,27);3-4,9-12H,5-8,13H2,1-2H3,(H,23,24,26). The first-order valence-corrected chi connectivity index (χ1v) is 46.5. The van der Waals surface area contributed by atoms with Crippen molar-refractivity contribution in [2.24, 2.45) is 5.14 Å². The third kappa shape index (κ3) is 21.5. The predicted molar refractivity (Wildman–Crippen MR) is 502 cm³/mol. The van der Waals surface area contributed by atoms with Crippen LogP contribution in [0.15, 0.2) is 163 Å². The maximum Gasteiger partial charge on any atom is 0.238 e. The second-order valence-corrected chi connectivity index (χ2v) is 37.8. The molecule has 4 fully saturated rings. The Morgan fingerprint density at radius 2 is 0.738 bits per heavy atom. The highest BCUT2D eigenvalue weighted by Gasteiger charge is 2.25. The van der Waals surface area contributed by atoms with Crippen LogP contribution in [0, 0.1) is 27.7 Å². The third-order valence-electron chi connectivity index (χ3n) is 21.9. The van der Waals surface area contributed by atoms with Crippen LogP contribution in [0.4, 0.5) is 46.5 Å². The summed E-state index contributed by atoms with van der Waals surface area (Å²) in [7, 11) is -3.81. The number of nitrogens with two attached hydrogens (primary N) is 1. The number of aromatic nitrogens is 12. The molecule has 16 aromatic rings. The highest BCUT2D eigenvalue weighted by molar-refractivity contribution is 7.89. The number of Topliss-reactive ketones (excluding diaryl/α,β-unsaturated/α-hetero) is 1. The van der Waals surface area contributed by atoms with Crippen LogP contribution in [-0.4, -0.2) is 220 Å². The van der Waals surface area contributed by atoms with E-state index in [9.17, 15) is 22.8 Å². The van der Waals surface area contributed by atoms with E-state index >= 15 is 0 Å². The maximum absolute atomic E-state index is 11.6. The van der Waals surface area contributed by atoms with Gasteiger partial charge in [-0.2, -0.15) is 0 Å². The summed E-state index contributed by atoms with van der Waals surface area (Å²) in [4.78, 5) is 104. The number of amides is 2. The minimum atomic E-state index is -3.81. The fourth-order valence-electron chi connectivity index (χ4n) is 15.8.